The van der Waals surface area contributed by atoms with E-state index in [4.69, 9.17) is 4.74 Å². The summed E-state index contributed by atoms with van der Waals surface area (Å²) in [6.07, 6.45) is 3.51. The van der Waals surface area contributed by atoms with Crippen LogP contribution < -0.4 is 4.74 Å². The first kappa shape index (κ1) is 19.2. The maximum Gasteiger partial charge on any atom is 0.141 e. The second-order valence-corrected chi connectivity index (χ2v) is 8.16. The minimum absolute atomic E-state index is 0.0584. The van der Waals surface area contributed by atoms with Crippen LogP contribution in [0.3, 0.4) is 0 Å². The smallest absolute Gasteiger partial charge is 0.141 e. The van der Waals surface area contributed by atoms with E-state index in [2.05, 4.69) is 47.1 Å². The van der Waals surface area contributed by atoms with Gasteiger partial charge in [0.25, 0.3) is 0 Å². The van der Waals surface area contributed by atoms with Crippen molar-refractivity contribution in [1.82, 2.24) is 9.80 Å². The third kappa shape index (κ3) is 4.45. The van der Waals surface area contributed by atoms with Crippen LogP contribution in [0.25, 0.3) is 0 Å². The van der Waals surface area contributed by atoms with Crippen molar-refractivity contribution in [1.29, 1.82) is 0 Å². The summed E-state index contributed by atoms with van der Waals surface area (Å²) in [5.74, 6) is 1.63. The molecule has 2 heterocycles. The molecule has 0 amide bonds. The molecule has 4 nitrogen and oxygen atoms in total. The average Bonchev–Trinajstić information content (AvgIpc) is 3.06. The van der Waals surface area contributed by atoms with Crippen LogP contribution in [0.4, 0.5) is 0 Å². The molecule has 1 unspecified atom stereocenters. The molecule has 4 rings (SSSR count). The lowest BCUT2D eigenvalue weighted by atomic mass is 9.96. The van der Waals surface area contributed by atoms with Crippen LogP contribution in [0.2, 0.25) is 0 Å². The van der Waals surface area contributed by atoms with E-state index >= 15 is 0 Å². The third-order valence-corrected chi connectivity index (χ3v) is 6.14. The van der Waals surface area contributed by atoms with Crippen molar-refractivity contribution in [2.75, 3.05) is 32.8 Å². The third-order valence-electron chi connectivity index (χ3n) is 6.14. The fourth-order valence-corrected chi connectivity index (χ4v) is 4.54. The molecule has 1 fully saturated rings. The van der Waals surface area contributed by atoms with Crippen LogP contribution in [0, 0.1) is 12.8 Å². The summed E-state index contributed by atoms with van der Waals surface area (Å²) in [5.41, 5.74) is 3.74. The maximum absolute atomic E-state index is 11.7. The SMILES string of the molecule is Cc1cccc(OCCN2CCC(CN3Cc4ccccc4C3C=O)CC2)c1. The molecule has 1 atom stereocenters. The van der Waals surface area contributed by atoms with Crippen LogP contribution in [0.15, 0.2) is 48.5 Å². The highest BCUT2D eigenvalue weighted by molar-refractivity contribution is 5.64. The molecule has 2 aromatic rings. The zero-order chi connectivity index (χ0) is 19.3. The van der Waals surface area contributed by atoms with E-state index in [0.29, 0.717) is 5.92 Å². The minimum Gasteiger partial charge on any atom is -0.492 e. The molecule has 2 aliphatic rings. The number of carbonyl (C=O) groups excluding carboxylic acids is 1. The zero-order valence-corrected chi connectivity index (χ0v) is 16.7. The number of hydrogen-bond acceptors (Lipinski definition) is 4. The van der Waals surface area contributed by atoms with Gasteiger partial charge in [-0.3, -0.25) is 9.80 Å². The standard InChI is InChI=1S/C24H30N2O2/c1-19-5-4-7-22(15-19)28-14-13-25-11-9-20(10-12-25)16-26-17-21-6-2-3-8-23(21)24(26)18-27/h2-8,15,18,20,24H,9-14,16-17H2,1H3. The van der Waals surface area contributed by atoms with Gasteiger partial charge in [-0.25, -0.2) is 0 Å². The van der Waals surface area contributed by atoms with E-state index in [1.165, 1.54) is 29.5 Å². The zero-order valence-electron chi connectivity index (χ0n) is 16.7. The van der Waals surface area contributed by atoms with E-state index in [-0.39, 0.29) is 6.04 Å². The number of nitrogens with zero attached hydrogens (tertiary/aromatic N) is 2. The van der Waals surface area contributed by atoms with Gasteiger partial charge in [0.2, 0.25) is 0 Å². The first-order valence-electron chi connectivity index (χ1n) is 10.4. The lowest BCUT2D eigenvalue weighted by molar-refractivity contribution is -0.112. The van der Waals surface area contributed by atoms with Crippen molar-refractivity contribution in [3.05, 3.63) is 65.2 Å². The lowest BCUT2D eigenvalue weighted by Crippen LogP contribution is -2.40. The second-order valence-electron chi connectivity index (χ2n) is 8.16. The minimum atomic E-state index is -0.0584. The lowest BCUT2D eigenvalue weighted by Gasteiger charge is -2.34. The summed E-state index contributed by atoms with van der Waals surface area (Å²) >= 11 is 0. The van der Waals surface area contributed by atoms with Crippen LogP contribution in [0.5, 0.6) is 5.75 Å². The Morgan fingerprint density at radius 3 is 2.71 bits per heavy atom. The largest absolute Gasteiger partial charge is 0.492 e. The number of likely N-dealkylation sites (tertiary alicyclic amines) is 1. The second kappa shape index (κ2) is 8.89. The highest BCUT2D eigenvalue weighted by atomic mass is 16.5. The molecular formula is C24H30N2O2. The molecule has 1 saturated heterocycles. The van der Waals surface area contributed by atoms with Gasteiger partial charge < -0.3 is 9.53 Å². The van der Waals surface area contributed by atoms with E-state index < -0.39 is 0 Å². The van der Waals surface area contributed by atoms with Gasteiger partial charge in [0.05, 0.1) is 6.04 Å². The van der Waals surface area contributed by atoms with Crippen molar-refractivity contribution in [3.8, 4) is 5.75 Å². The molecule has 0 N–H and O–H groups in total. The Balaban J connectivity index is 1.21. The molecule has 148 valence electrons. The number of hydrogen-bond donors (Lipinski definition) is 0. The summed E-state index contributed by atoms with van der Waals surface area (Å²) in [7, 11) is 0. The molecule has 28 heavy (non-hydrogen) atoms. The fourth-order valence-electron chi connectivity index (χ4n) is 4.54. The van der Waals surface area contributed by atoms with Crippen molar-refractivity contribution in [2.24, 2.45) is 5.92 Å². The van der Waals surface area contributed by atoms with Crippen molar-refractivity contribution in [3.63, 3.8) is 0 Å². The molecule has 0 aliphatic carbocycles. The number of fused-ring (bicyclic) bond motifs is 1. The summed E-state index contributed by atoms with van der Waals surface area (Å²) < 4.78 is 5.90. The molecule has 0 aromatic heterocycles. The normalized spacial score (nSPS) is 20.8. The number of benzene rings is 2. The summed E-state index contributed by atoms with van der Waals surface area (Å²) in [4.78, 5) is 16.5. The van der Waals surface area contributed by atoms with Crippen LogP contribution in [-0.4, -0.2) is 48.9 Å². The monoisotopic (exact) mass is 378 g/mol. The van der Waals surface area contributed by atoms with Crippen LogP contribution in [0.1, 0.15) is 35.6 Å². The molecule has 4 heteroatoms. The molecule has 2 aromatic carbocycles. The predicted octanol–water partition coefficient (Wildman–Crippen LogP) is 3.84. The first-order valence-corrected chi connectivity index (χ1v) is 10.4. The highest BCUT2D eigenvalue weighted by Crippen LogP contribution is 2.33. The Labute approximate surface area is 168 Å². The Hall–Kier alpha value is -2.17. The van der Waals surface area contributed by atoms with Crippen molar-refractivity contribution < 1.29 is 9.53 Å². The summed E-state index contributed by atoms with van der Waals surface area (Å²) in [5, 5.41) is 0. The summed E-state index contributed by atoms with van der Waals surface area (Å²) in [6, 6.07) is 16.5. The van der Waals surface area contributed by atoms with Gasteiger partial charge >= 0.3 is 0 Å². The maximum atomic E-state index is 11.7. The van der Waals surface area contributed by atoms with Gasteiger partial charge in [-0.05, 0) is 67.6 Å². The molecule has 0 bridgehead atoms. The van der Waals surface area contributed by atoms with Crippen molar-refractivity contribution >= 4 is 6.29 Å². The Morgan fingerprint density at radius 1 is 1.11 bits per heavy atom. The van der Waals surface area contributed by atoms with E-state index in [9.17, 15) is 4.79 Å². The number of aryl methyl sites for hydroxylation is 1. The van der Waals surface area contributed by atoms with Gasteiger partial charge in [-0.2, -0.15) is 0 Å². The Kier molecular flexibility index (Phi) is 6.08. The highest BCUT2D eigenvalue weighted by Gasteiger charge is 2.31. The molecule has 0 spiro atoms. The van der Waals surface area contributed by atoms with E-state index in [1.54, 1.807) is 0 Å². The van der Waals surface area contributed by atoms with Gasteiger partial charge in [0.15, 0.2) is 0 Å². The first-order chi connectivity index (χ1) is 13.7. The van der Waals surface area contributed by atoms with E-state index in [0.717, 1.165) is 51.4 Å². The van der Waals surface area contributed by atoms with E-state index in [1.807, 2.05) is 18.2 Å². The topological polar surface area (TPSA) is 32.8 Å². The predicted molar refractivity (Wildman–Crippen MR) is 111 cm³/mol. The molecule has 2 aliphatic heterocycles. The summed E-state index contributed by atoms with van der Waals surface area (Å²) in [6.45, 7) is 7.97. The average molecular weight is 379 g/mol. The number of ether oxygens (including phenoxy) is 1. The molecule has 0 radical (unpaired) electrons. The van der Waals surface area contributed by atoms with Gasteiger partial charge in [0, 0.05) is 19.6 Å². The Bertz CT molecular complexity index is 799. The van der Waals surface area contributed by atoms with Crippen LogP contribution >= 0.6 is 0 Å². The quantitative estimate of drug-likeness (QED) is 0.686. The molecular weight excluding hydrogens is 348 g/mol. The molecule has 0 saturated carbocycles. The number of piperidine rings is 1. The van der Waals surface area contributed by atoms with Gasteiger partial charge in [0.1, 0.15) is 18.6 Å². The number of aldehydes is 1. The van der Waals surface area contributed by atoms with Gasteiger partial charge in [-0.15, -0.1) is 0 Å². The Morgan fingerprint density at radius 2 is 1.93 bits per heavy atom. The number of carbonyl (C=O) groups is 1. The van der Waals surface area contributed by atoms with Crippen molar-refractivity contribution in [2.45, 2.75) is 32.4 Å². The van der Waals surface area contributed by atoms with Gasteiger partial charge in [-0.1, -0.05) is 36.4 Å². The van der Waals surface area contributed by atoms with Crippen LogP contribution in [-0.2, 0) is 11.3 Å². The number of rotatable bonds is 7. The fraction of sp³-hybridized carbons (Fsp3) is 0.458.